The second-order valence-corrected chi connectivity index (χ2v) is 6.07. The Bertz CT molecular complexity index is 874. The number of amides is 1. The van der Waals surface area contributed by atoms with Gasteiger partial charge in [-0.25, -0.2) is 9.97 Å². The van der Waals surface area contributed by atoms with Crippen LogP contribution in [0.4, 0.5) is 5.82 Å². The third kappa shape index (κ3) is 2.58. The Morgan fingerprint density at radius 1 is 1.32 bits per heavy atom. The van der Waals surface area contributed by atoms with Crippen LogP contribution in [0.15, 0.2) is 35.2 Å². The Morgan fingerprint density at radius 2 is 2.00 bits per heavy atom. The van der Waals surface area contributed by atoms with E-state index in [2.05, 4.69) is 31.2 Å². The Labute approximate surface area is 144 Å². The standard InChI is InChI=1S/C14H9BrCl2N4O/c1-7-11(15)21-6-5-18-12(13(21)19-7)20-14(22)10-8(16)3-2-4-9(10)17/h2-6H,1H3,(H,18,20,22). The van der Waals surface area contributed by atoms with E-state index in [1.54, 1.807) is 35.0 Å². The molecule has 0 saturated carbocycles. The lowest BCUT2D eigenvalue weighted by molar-refractivity contribution is 0.102. The van der Waals surface area contributed by atoms with Gasteiger partial charge in [-0.3, -0.25) is 9.20 Å². The summed E-state index contributed by atoms with van der Waals surface area (Å²) < 4.78 is 2.59. The number of rotatable bonds is 2. The summed E-state index contributed by atoms with van der Waals surface area (Å²) >= 11 is 15.5. The first-order valence-electron chi connectivity index (χ1n) is 6.23. The molecule has 5 nitrogen and oxygen atoms in total. The summed E-state index contributed by atoms with van der Waals surface area (Å²) in [6.07, 6.45) is 3.32. The van der Waals surface area contributed by atoms with Gasteiger partial charge in [0.1, 0.15) is 4.60 Å². The van der Waals surface area contributed by atoms with Crippen molar-refractivity contribution in [2.45, 2.75) is 6.92 Å². The summed E-state index contributed by atoms with van der Waals surface area (Å²) in [6, 6.07) is 4.88. The molecule has 3 rings (SSSR count). The maximum absolute atomic E-state index is 12.4. The van der Waals surface area contributed by atoms with E-state index in [0.717, 1.165) is 10.3 Å². The highest BCUT2D eigenvalue weighted by Gasteiger charge is 2.18. The fourth-order valence-corrected chi connectivity index (χ4v) is 2.98. The quantitative estimate of drug-likeness (QED) is 0.696. The Kier molecular flexibility index (Phi) is 4.08. The monoisotopic (exact) mass is 398 g/mol. The molecule has 22 heavy (non-hydrogen) atoms. The molecule has 2 aromatic heterocycles. The molecule has 0 fully saturated rings. The molecular formula is C14H9BrCl2N4O. The number of nitrogens with zero attached hydrogens (tertiary/aromatic N) is 3. The Morgan fingerprint density at radius 3 is 2.68 bits per heavy atom. The lowest BCUT2D eigenvalue weighted by Gasteiger charge is -2.08. The van der Waals surface area contributed by atoms with Gasteiger partial charge in [0.15, 0.2) is 11.5 Å². The zero-order valence-electron chi connectivity index (χ0n) is 11.3. The van der Waals surface area contributed by atoms with Crippen LogP contribution >= 0.6 is 39.1 Å². The van der Waals surface area contributed by atoms with Gasteiger partial charge in [-0.05, 0) is 35.0 Å². The lowest BCUT2D eigenvalue weighted by atomic mass is 10.2. The van der Waals surface area contributed by atoms with Crippen LogP contribution in [0.5, 0.6) is 0 Å². The molecule has 0 radical (unpaired) electrons. The molecular weight excluding hydrogens is 391 g/mol. The highest BCUT2D eigenvalue weighted by Crippen LogP contribution is 2.26. The van der Waals surface area contributed by atoms with Crippen molar-refractivity contribution in [2.75, 3.05) is 5.32 Å². The number of benzene rings is 1. The van der Waals surface area contributed by atoms with Crippen molar-refractivity contribution in [3.63, 3.8) is 0 Å². The molecule has 0 aliphatic carbocycles. The molecule has 112 valence electrons. The molecule has 2 heterocycles. The summed E-state index contributed by atoms with van der Waals surface area (Å²) in [5, 5.41) is 3.25. The van der Waals surface area contributed by atoms with E-state index in [9.17, 15) is 4.79 Å². The molecule has 0 aliphatic rings. The fraction of sp³-hybridized carbons (Fsp3) is 0.0714. The summed E-state index contributed by atoms with van der Waals surface area (Å²) in [7, 11) is 0. The maximum Gasteiger partial charge on any atom is 0.259 e. The molecule has 0 unspecified atom stereocenters. The lowest BCUT2D eigenvalue weighted by Crippen LogP contribution is -2.15. The van der Waals surface area contributed by atoms with E-state index in [4.69, 9.17) is 23.2 Å². The van der Waals surface area contributed by atoms with Gasteiger partial charge >= 0.3 is 0 Å². The number of aromatic nitrogens is 3. The van der Waals surface area contributed by atoms with E-state index in [1.165, 1.54) is 0 Å². The Balaban J connectivity index is 2.04. The molecule has 0 spiro atoms. The Hall–Kier alpha value is -1.63. The van der Waals surface area contributed by atoms with E-state index in [-0.39, 0.29) is 15.6 Å². The summed E-state index contributed by atoms with van der Waals surface area (Å²) in [6.45, 7) is 1.85. The molecule has 1 amide bonds. The predicted molar refractivity (Wildman–Crippen MR) is 89.8 cm³/mol. The van der Waals surface area contributed by atoms with E-state index >= 15 is 0 Å². The second-order valence-electron chi connectivity index (χ2n) is 4.51. The summed E-state index contributed by atoms with van der Waals surface area (Å²) in [5.41, 5.74) is 1.53. The van der Waals surface area contributed by atoms with E-state index < -0.39 is 5.91 Å². The average Bonchev–Trinajstić information content (AvgIpc) is 2.76. The van der Waals surface area contributed by atoms with Crippen molar-refractivity contribution < 1.29 is 4.79 Å². The summed E-state index contributed by atoms with van der Waals surface area (Å²) in [4.78, 5) is 21.0. The topological polar surface area (TPSA) is 59.3 Å². The zero-order valence-corrected chi connectivity index (χ0v) is 14.4. The molecule has 0 bridgehead atoms. The number of carbonyl (C=O) groups excluding carboxylic acids is 1. The molecule has 1 aromatic carbocycles. The highest BCUT2D eigenvalue weighted by atomic mass is 79.9. The van der Waals surface area contributed by atoms with E-state index in [0.29, 0.717) is 11.5 Å². The fourth-order valence-electron chi connectivity index (χ4n) is 2.03. The first kappa shape index (κ1) is 15.3. The van der Waals surface area contributed by atoms with Gasteiger partial charge in [-0.2, -0.15) is 0 Å². The van der Waals surface area contributed by atoms with Gasteiger partial charge in [0.25, 0.3) is 5.91 Å². The largest absolute Gasteiger partial charge is 0.303 e. The van der Waals surface area contributed by atoms with Crippen LogP contribution in [0.1, 0.15) is 16.1 Å². The van der Waals surface area contributed by atoms with Crippen molar-refractivity contribution in [1.82, 2.24) is 14.4 Å². The smallest absolute Gasteiger partial charge is 0.259 e. The van der Waals surface area contributed by atoms with Crippen molar-refractivity contribution in [3.05, 3.63) is 56.5 Å². The number of hydrogen-bond acceptors (Lipinski definition) is 3. The number of nitrogens with one attached hydrogen (secondary N) is 1. The van der Waals surface area contributed by atoms with Crippen molar-refractivity contribution in [3.8, 4) is 0 Å². The maximum atomic E-state index is 12.4. The minimum absolute atomic E-state index is 0.206. The van der Waals surface area contributed by atoms with E-state index in [1.807, 2.05) is 6.92 Å². The second kappa shape index (κ2) is 5.87. The molecule has 0 aliphatic heterocycles. The van der Waals surface area contributed by atoms with Crippen LogP contribution in [-0.2, 0) is 0 Å². The SMILES string of the molecule is Cc1nc2c(NC(=O)c3c(Cl)cccc3Cl)nccn2c1Br. The molecule has 0 atom stereocenters. The van der Waals surface area contributed by atoms with Crippen LogP contribution in [0, 0.1) is 6.92 Å². The van der Waals surface area contributed by atoms with Gasteiger partial charge in [-0.15, -0.1) is 0 Å². The molecule has 0 saturated heterocycles. The average molecular weight is 400 g/mol. The van der Waals surface area contributed by atoms with Gasteiger partial charge < -0.3 is 5.32 Å². The first-order valence-corrected chi connectivity index (χ1v) is 7.78. The van der Waals surface area contributed by atoms with Gasteiger partial charge in [-0.1, -0.05) is 29.3 Å². The van der Waals surface area contributed by atoms with Crippen molar-refractivity contribution in [2.24, 2.45) is 0 Å². The van der Waals surface area contributed by atoms with Crippen LogP contribution in [0.3, 0.4) is 0 Å². The van der Waals surface area contributed by atoms with Gasteiger partial charge in [0.2, 0.25) is 0 Å². The van der Waals surface area contributed by atoms with Crippen molar-refractivity contribution in [1.29, 1.82) is 0 Å². The van der Waals surface area contributed by atoms with Crippen molar-refractivity contribution >= 4 is 56.5 Å². The highest BCUT2D eigenvalue weighted by molar-refractivity contribution is 9.10. The zero-order chi connectivity index (χ0) is 15.9. The normalized spacial score (nSPS) is 10.9. The number of imidazole rings is 1. The minimum Gasteiger partial charge on any atom is -0.303 e. The third-order valence-corrected chi connectivity index (χ3v) is 4.65. The van der Waals surface area contributed by atoms with Crippen LogP contribution in [0.2, 0.25) is 10.0 Å². The number of anilines is 1. The number of fused-ring (bicyclic) bond motifs is 1. The van der Waals surface area contributed by atoms with Gasteiger partial charge in [0, 0.05) is 12.4 Å². The molecule has 1 N–H and O–H groups in total. The minimum atomic E-state index is -0.437. The first-order chi connectivity index (χ1) is 10.5. The molecule has 8 heteroatoms. The third-order valence-electron chi connectivity index (χ3n) is 3.06. The summed E-state index contributed by atoms with van der Waals surface area (Å²) in [5.74, 6) is -0.106. The number of aryl methyl sites for hydroxylation is 1. The van der Waals surface area contributed by atoms with Crippen LogP contribution in [-0.4, -0.2) is 20.3 Å². The number of carbonyl (C=O) groups is 1. The molecule has 3 aromatic rings. The number of halogens is 3. The van der Waals surface area contributed by atoms with Gasteiger partial charge in [0.05, 0.1) is 21.3 Å². The number of hydrogen-bond donors (Lipinski definition) is 1. The van der Waals surface area contributed by atoms with Crippen LogP contribution < -0.4 is 5.32 Å². The predicted octanol–water partition coefficient (Wildman–Crippen LogP) is 4.36. The van der Waals surface area contributed by atoms with Crippen LogP contribution in [0.25, 0.3) is 5.65 Å².